The molecule has 180 valence electrons. The van der Waals surface area contributed by atoms with Crippen molar-refractivity contribution in [1.29, 1.82) is 0 Å². The molecule has 4 nitrogen and oxygen atoms in total. The molecule has 0 saturated carbocycles. The Morgan fingerprint density at radius 1 is 0.583 bits per heavy atom. The summed E-state index contributed by atoms with van der Waals surface area (Å²) in [4.78, 5) is 0. The normalized spacial score (nSPS) is 20.7. The summed E-state index contributed by atoms with van der Waals surface area (Å²) in [5.74, 6) is 1.74. The van der Waals surface area contributed by atoms with Crippen LogP contribution in [-0.4, -0.2) is 38.6 Å². The molecule has 4 heteroatoms. The molecule has 0 amide bonds. The van der Waals surface area contributed by atoms with Crippen molar-refractivity contribution in [3.05, 3.63) is 130 Å². The predicted molar refractivity (Wildman–Crippen MR) is 138 cm³/mol. The first-order chi connectivity index (χ1) is 17.8. The largest absolute Gasteiger partial charge is 0.491 e. The van der Waals surface area contributed by atoms with Gasteiger partial charge in [-0.05, 0) is 64.1 Å². The van der Waals surface area contributed by atoms with Crippen LogP contribution in [0, 0.1) is 0 Å². The number of fused-ring (bicyclic) bond motifs is 2. The van der Waals surface area contributed by atoms with E-state index in [0.29, 0.717) is 13.2 Å². The van der Waals surface area contributed by atoms with E-state index in [1.54, 1.807) is 0 Å². The Morgan fingerprint density at radius 2 is 1.00 bits per heavy atom. The lowest BCUT2D eigenvalue weighted by Gasteiger charge is -2.42. The third-order valence-electron chi connectivity index (χ3n) is 7.47. The maximum atomic E-state index is 5.97. The van der Waals surface area contributed by atoms with Crippen molar-refractivity contribution >= 4 is 0 Å². The number of hydrogen-bond donors (Lipinski definition) is 0. The van der Waals surface area contributed by atoms with E-state index in [-0.39, 0.29) is 12.2 Å². The second-order valence-electron chi connectivity index (χ2n) is 9.82. The zero-order valence-electron chi connectivity index (χ0n) is 20.1. The predicted octanol–water partition coefficient (Wildman–Crippen LogP) is 5.53. The molecule has 4 aromatic carbocycles. The standard InChI is InChI=1S/C32H28O4/c1-3-7-30-22(5-1)17-23-6-2-4-8-31(23)32(30,24-9-13-26(14-10-24)33-18-28-20-35-28)25-11-15-27(16-12-25)34-19-29-21-36-29/h1-16,28-29H,17-21H2. The molecule has 0 radical (unpaired) electrons. The first kappa shape index (κ1) is 21.7. The Bertz CT molecular complexity index is 1260. The average Bonchev–Trinajstić information content (AvgIpc) is 3.86. The van der Waals surface area contributed by atoms with Gasteiger partial charge in [0.25, 0.3) is 0 Å². The van der Waals surface area contributed by atoms with Crippen LogP contribution >= 0.6 is 0 Å². The van der Waals surface area contributed by atoms with Gasteiger partial charge >= 0.3 is 0 Å². The fourth-order valence-corrected chi connectivity index (χ4v) is 5.53. The van der Waals surface area contributed by atoms with Gasteiger partial charge in [0, 0.05) is 0 Å². The Kier molecular flexibility index (Phi) is 5.30. The van der Waals surface area contributed by atoms with Gasteiger partial charge < -0.3 is 18.9 Å². The summed E-state index contributed by atoms with van der Waals surface area (Å²) >= 11 is 0. The van der Waals surface area contributed by atoms with Crippen molar-refractivity contribution in [1.82, 2.24) is 0 Å². The Labute approximate surface area is 211 Å². The first-order valence-electron chi connectivity index (χ1n) is 12.7. The smallest absolute Gasteiger partial charge is 0.119 e. The molecule has 2 fully saturated rings. The molecule has 2 aliphatic heterocycles. The second-order valence-corrected chi connectivity index (χ2v) is 9.82. The van der Waals surface area contributed by atoms with Crippen LogP contribution in [0.1, 0.15) is 33.4 Å². The van der Waals surface area contributed by atoms with E-state index in [0.717, 1.165) is 31.1 Å². The van der Waals surface area contributed by atoms with Crippen molar-refractivity contribution in [3.8, 4) is 11.5 Å². The molecule has 1 aliphatic carbocycles. The van der Waals surface area contributed by atoms with Crippen molar-refractivity contribution in [3.63, 3.8) is 0 Å². The molecule has 3 aliphatic rings. The summed E-state index contributed by atoms with van der Waals surface area (Å²) in [6.45, 7) is 2.79. The highest BCUT2D eigenvalue weighted by atomic mass is 16.6. The minimum Gasteiger partial charge on any atom is -0.491 e. The van der Waals surface area contributed by atoms with Crippen molar-refractivity contribution in [2.24, 2.45) is 0 Å². The number of benzene rings is 4. The van der Waals surface area contributed by atoms with Gasteiger partial charge in [0.2, 0.25) is 0 Å². The zero-order chi connectivity index (χ0) is 24.0. The fraction of sp³-hybridized carbons (Fsp3) is 0.250. The highest BCUT2D eigenvalue weighted by Crippen LogP contribution is 2.51. The van der Waals surface area contributed by atoms with E-state index < -0.39 is 5.41 Å². The molecular formula is C32H28O4. The fourth-order valence-electron chi connectivity index (χ4n) is 5.53. The van der Waals surface area contributed by atoms with Gasteiger partial charge in [0.15, 0.2) is 0 Å². The highest BCUT2D eigenvalue weighted by Gasteiger charge is 2.43. The summed E-state index contributed by atoms with van der Waals surface area (Å²) in [5.41, 5.74) is 7.35. The lowest BCUT2D eigenvalue weighted by Crippen LogP contribution is -2.36. The van der Waals surface area contributed by atoms with Crippen LogP contribution in [0.25, 0.3) is 0 Å². The molecule has 4 aromatic rings. The average molecular weight is 477 g/mol. The van der Waals surface area contributed by atoms with Crippen LogP contribution in [-0.2, 0) is 21.3 Å². The molecular weight excluding hydrogens is 448 g/mol. The molecule has 0 bridgehead atoms. The van der Waals surface area contributed by atoms with Gasteiger partial charge in [0.05, 0.1) is 18.6 Å². The van der Waals surface area contributed by atoms with Crippen molar-refractivity contribution < 1.29 is 18.9 Å². The van der Waals surface area contributed by atoms with Gasteiger partial charge in [-0.2, -0.15) is 0 Å². The number of rotatable bonds is 8. The van der Waals surface area contributed by atoms with Crippen LogP contribution in [0.5, 0.6) is 11.5 Å². The maximum Gasteiger partial charge on any atom is 0.119 e. The molecule has 2 saturated heterocycles. The van der Waals surface area contributed by atoms with Crippen molar-refractivity contribution in [2.75, 3.05) is 26.4 Å². The molecule has 2 heterocycles. The number of hydrogen-bond acceptors (Lipinski definition) is 4. The van der Waals surface area contributed by atoms with E-state index in [2.05, 4.69) is 97.1 Å². The third kappa shape index (κ3) is 3.87. The molecule has 2 unspecified atom stereocenters. The van der Waals surface area contributed by atoms with Crippen LogP contribution in [0.3, 0.4) is 0 Å². The Hall–Kier alpha value is -3.60. The van der Waals surface area contributed by atoms with E-state index in [4.69, 9.17) is 18.9 Å². The Morgan fingerprint density at radius 3 is 1.42 bits per heavy atom. The molecule has 0 spiro atoms. The van der Waals surface area contributed by atoms with E-state index in [1.165, 1.54) is 33.4 Å². The summed E-state index contributed by atoms with van der Waals surface area (Å²) in [7, 11) is 0. The minimum atomic E-state index is -0.443. The van der Waals surface area contributed by atoms with E-state index in [9.17, 15) is 0 Å². The monoisotopic (exact) mass is 476 g/mol. The number of epoxide rings is 2. The van der Waals surface area contributed by atoms with Gasteiger partial charge in [-0.1, -0.05) is 72.8 Å². The minimum absolute atomic E-state index is 0.236. The van der Waals surface area contributed by atoms with Gasteiger partial charge in [-0.15, -0.1) is 0 Å². The molecule has 7 rings (SSSR count). The Balaban J connectivity index is 1.37. The lowest BCUT2D eigenvalue weighted by molar-refractivity contribution is 0.263. The molecule has 0 N–H and O–H groups in total. The summed E-state index contributed by atoms with van der Waals surface area (Å²) in [6, 6.07) is 34.9. The van der Waals surface area contributed by atoms with Gasteiger partial charge in [-0.25, -0.2) is 0 Å². The van der Waals surface area contributed by atoms with Crippen LogP contribution < -0.4 is 9.47 Å². The summed E-state index contributed by atoms with van der Waals surface area (Å²) in [5, 5.41) is 0. The molecule has 36 heavy (non-hydrogen) atoms. The number of ether oxygens (including phenoxy) is 4. The van der Waals surface area contributed by atoms with E-state index >= 15 is 0 Å². The lowest BCUT2D eigenvalue weighted by atomic mass is 9.60. The van der Waals surface area contributed by atoms with E-state index in [1.807, 2.05) is 0 Å². The molecule has 2 atom stereocenters. The van der Waals surface area contributed by atoms with Crippen molar-refractivity contribution in [2.45, 2.75) is 24.0 Å². The quantitative estimate of drug-likeness (QED) is 0.276. The van der Waals surface area contributed by atoms with Crippen LogP contribution in [0.4, 0.5) is 0 Å². The SMILES string of the molecule is c1ccc2c(c1)Cc1ccccc1C2(c1ccc(OCC2CO2)cc1)c1ccc(OCC2CO2)cc1. The topological polar surface area (TPSA) is 43.5 Å². The third-order valence-corrected chi connectivity index (χ3v) is 7.47. The molecule has 0 aromatic heterocycles. The van der Waals surface area contributed by atoms with Gasteiger partial charge in [-0.3, -0.25) is 0 Å². The summed E-state index contributed by atoms with van der Waals surface area (Å²) in [6.07, 6.45) is 1.40. The van der Waals surface area contributed by atoms with Gasteiger partial charge in [0.1, 0.15) is 36.9 Å². The first-order valence-corrected chi connectivity index (χ1v) is 12.7. The maximum absolute atomic E-state index is 5.97. The summed E-state index contributed by atoms with van der Waals surface area (Å²) < 4.78 is 22.5. The van der Waals surface area contributed by atoms with Crippen LogP contribution in [0.15, 0.2) is 97.1 Å². The van der Waals surface area contributed by atoms with Crippen LogP contribution in [0.2, 0.25) is 0 Å². The second kappa shape index (κ2) is 8.81. The zero-order valence-corrected chi connectivity index (χ0v) is 20.1. The highest BCUT2D eigenvalue weighted by molar-refractivity contribution is 5.67.